The summed E-state index contributed by atoms with van der Waals surface area (Å²) in [5.41, 5.74) is 8.88. The van der Waals surface area contributed by atoms with E-state index in [-0.39, 0.29) is 37.7 Å². The van der Waals surface area contributed by atoms with Crippen LogP contribution in [0.3, 0.4) is 0 Å². The maximum Gasteiger partial charge on any atom is 0.416 e. The highest BCUT2D eigenvalue weighted by atomic mass is 19.4. The predicted octanol–water partition coefficient (Wildman–Crippen LogP) is 7.27. The topological polar surface area (TPSA) is 138 Å². The molecule has 4 amide bonds. The second-order valence-corrected chi connectivity index (χ2v) is 18.3. The van der Waals surface area contributed by atoms with Crippen LogP contribution in [0.2, 0.25) is 0 Å². The van der Waals surface area contributed by atoms with Crippen molar-refractivity contribution in [2.45, 2.75) is 95.2 Å². The lowest BCUT2D eigenvalue weighted by atomic mass is 9.87. The normalized spacial score (nSPS) is 18.2. The number of ether oxygens (including phenoxy) is 2. The number of hydrogen-bond donors (Lipinski definition) is 2. The Hall–Kier alpha value is -6.25. The smallest absolute Gasteiger partial charge is 0.416 e. The fourth-order valence-corrected chi connectivity index (χ4v) is 9.82. The lowest BCUT2D eigenvalue weighted by Crippen LogP contribution is -2.52. The molecule has 0 radical (unpaired) electrons. The van der Waals surface area contributed by atoms with Gasteiger partial charge >= 0.3 is 6.18 Å². The van der Waals surface area contributed by atoms with E-state index in [1.165, 1.54) is 23.3 Å². The van der Waals surface area contributed by atoms with Crippen molar-refractivity contribution in [1.29, 1.82) is 0 Å². The molecular formula is C51H59F3N6O6. The number of alkyl halides is 3. The molecule has 350 valence electrons. The van der Waals surface area contributed by atoms with E-state index in [1.807, 2.05) is 47.4 Å². The number of carbonyl (C=O) groups is 4. The summed E-state index contributed by atoms with van der Waals surface area (Å²) >= 11 is 0. The molecule has 1 unspecified atom stereocenters. The summed E-state index contributed by atoms with van der Waals surface area (Å²) in [5, 5.41) is 2.66. The molecule has 3 N–H and O–H groups in total. The molecule has 4 aliphatic rings. The van der Waals surface area contributed by atoms with Gasteiger partial charge in [-0.1, -0.05) is 67.6 Å². The second kappa shape index (κ2) is 19.7. The summed E-state index contributed by atoms with van der Waals surface area (Å²) in [4.78, 5) is 60.4. The molecule has 0 aromatic heterocycles. The Morgan fingerprint density at radius 3 is 1.67 bits per heavy atom. The number of anilines is 2. The Labute approximate surface area is 384 Å². The SMILES string of the molecule is CCc1ccc(CN2CCC3(CCN(C(=O)CNC(=O)CC(CC(=O)N4CCC5(CC4)CCN(Cc4cccc(C(F)(F)F)c4)c4ccccc4O5)C(N)=O)CC3)Oc3ccccc32)cc1. The van der Waals surface area contributed by atoms with E-state index in [0.29, 0.717) is 76.1 Å². The molecule has 2 fully saturated rings. The zero-order chi connectivity index (χ0) is 46.5. The number of amides is 4. The summed E-state index contributed by atoms with van der Waals surface area (Å²) in [7, 11) is 0. The van der Waals surface area contributed by atoms with Crippen LogP contribution in [0.1, 0.15) is 80.5 Å². The summed E-state index contributed by atoms with van der Waals surface area (Å²) in [6, 6.07) is 29.7. The summed E-state index contributed by atoms with van der Waals surface area (Å²) < 4.78 is 53.9. The molecule has 1 atom stereocenters. The van der Waals surface area contributed by atoms with Crippen molar-refractivity contribution in [3.8, 4) is 11.5 Å². The number of nitrogens with zero attached hydrogens (tertiary/aromatic N) is 4. The van der Waals surface area contributed by atoms with Gasteiger partial charge < -0.3 is 40.1 Å². The number of rotatable bonds is 12. The number of para-hydroxylation sites is 4. The minimum absolute atomic E-state index is 0.236. The van der Waals surface area contributed by atoms with Crippen molar-refractivity contribution in [2.24, 2.45) is 11.7 Å². The van der Waals surface area contributed by atoms with E-state index < -0.39 is 40.7 Å². The first-order valence-corrected chi connectivity index (χ1v) is 23.1. The van der Waals surface area contributed by atoms with E-state index in [1.54, 1.807) is 15.9 Å². The van der Waals surface area contributed by atoms with Crippen molar-refractivity contribution in [3.63, 3.8) is 0 Å². The zero-order valence-electron chi connectivity index (χ0n) is 37.5. The molecule has 12 nitrogen and oxygen atoms in total. The number of carbonyl (C=O) groups excluding carboxylic acids is 4. The third-order valence-electron chi connectivity index (χ3n) is 13.9. The predicted molar refractivity (Wildman–Crippen MR) is 245 cm³/mol. The van der Waals surface area contributed by atoms with Gasteiger partial charge in [-0.15, -0.1) is 0 Å². The van der Waals surface area contributed by atoms with Crippen LogP contribution in [0.4, 0.5) is 24.5 Å². The number of likely N-dealkylation sites (tertiary alicyclic amines) is 2. The van der Waals surface area contributed by atoms with Gasteiger partial charge in [0.25, 0.3) is 0 Å². The first kappa shape index (κ1) is 46.3. The lowest BCUT2D eigenvalue weighted by molar-refractivity contribution is -0.140. The molecule has 4 aromatic rings. The minimum Gasteiger partial charge on any atom is -0.485 e. The molecule has 0 aliphatic carbocycles. The van der Waals surface area contributed by atoms with Crippen molar-refractivity contribution in [2.75, 3.05) is 55.6 Å². The van der Waals surface area contributed by atoms with Gasteiger partial charge in [0.05, 0.1) is 29.4 Å². The van der Waals surface area contributed by atoms with Crippen LogP contribution in [-0.2, 0) is 44.9 Å². The highest BCUT2D eigenvalue weighted by Crippen LogP contribution is 2.43. The average molecular weight is 909 g/mol. The van der Waals surface area contributed by atoms with Crippen LogP contribution >= 0.6 is 0 Å². The van der Waals surface area contributed by atoms with Crippen molar-refractivity contribution < 1.29 is 41.8 Å². The standard InChI is InChI=1S/C51H59F3N6O6/c1-2-36-14-16-37(17-15-36)34-59-28-22-50(65-43-12-5-3-10-41(43)59)20-26-58(27-21-50)47(63)33-56-45(61)31-39(48(55)64)32-46(62)57-24-18-49(19-25-57)23-29-60(42-11-4-6-13-44(42)66-49)35-38-8-7-9-40(30-38)51(52,53)54/h3-17,30,39H,2,18-29,31-35H2,1H3,(H2,55,64)(H,56,61). The molecule has 4 aromatic carbocycles. The third kappa shape index (κ3) is 10.9. The van der Waals surface area contributed by atoms with Gasteiger partial charge in [-0.25, -0.2) is 0 Å². The Kier molecular flexibility index (Phi) is 13.8. The molecule has 2 spiro atoms. The number of fused-ring (bicyclic) bond motifs is 2. The van der Waals surface area contributed by atoms with Gasteiger partial charge in [0.2, 0.25) is 23.6 Å². The number of hydrogen-bond acceptors (Lipinski definition) is 8. The molecule has 66 heavy (non-hydrogen) atoms. The Balaban J connectivity index is 0.796. The van der Waals surface area contributed by atoms with Crippen LogP contribution < -0.4 is 30.3 Å². The van der Waals surface area contributed by atoms with Crippen LogP contribution in [-0.4, -0.2) is 90.4 Å². The van der Waals surface area contributed by atoms with Gasteiger partial charge in [-0.05, 0) is 59.5 Å². The van der Waals surface area contributed by atoms with Gasteiger partial charge in [-0.3, -0.25) is 19.2 Å². The second-order valence-electron chi connectivity index (χ2n) is 18.3. The fraction of sp³-hybridized carbons (Fsp3) is 0.451. The summed E-state index contributed by atoms with van der Waals surface area (Å²) in [6.45, 7) is 5.91. The number of primary amides is 1. The maximum atomic E-state index is 13.6. The Morgan fingerprint density at radius 1 is 0.636 bits per heavy atom. The third-order valence-corrected chi connectivity index (χ3v) is 13.9. The molecular weight excluding hydrogens is 850 g/mol. The van der Waals surface area contributed by atoms with E-state index in [2.05, 4.69) is 47.5 Å². The quantitative estimate of drug-likeness (QED) is 0.152. The van der Waals surface area contributed by atoms with Crippen molar-refractivity contribution in [1.82, 2.24) is 15.1 Å². The van der Waals surface area contributed by atoms with Crippen LogP contribution in [0.25, 0.3) is 0 Å². The van der Waals surface area contributed by atoms with E-state index in [0.717, 1.165) is 49.1 Å². The van der Waals surface area contributed by atoms with Gasteiger partial charge in [-0.2, -0.15) is 13.2 Å². The lowest BCUT2D eigenvalue weighted by Gasteiger charge is -2.41. The number of halogens is 3. The maximum absolute atomic E-state index is 13.6. The zero-order valence-corrected chi connectivity index (χ0v) is 37.5. The number of nitrogens with one attached hydrogen (secondary N) is 1. The van der Waals surface area contributed by atoms with Crippen LogP contribution in [0.5, 0.6) is 11.5 Å². The highest BCUT2D eigenvalue weighted by molar-refractivity contribution is 5.91. The molecule has 2 saturated heterocycles. The molecule has 4 heterocycles. The van der Waals surface area contributed by atoms with E-state index >= 15 is 0 Å². The van der Waals surface area contributed by atoms with Gasteiger partial charge in [0.1, 0.15) is 22.7 Å². The number of nitrogens with two attached hydrogens (primary N) is 1. The van der Waals surface area contributed by atoms with Crippen molar-refractivity contribution >= 4 is 35.0 Å². The van der Waals surface area contributed by atoms with Gasteiger partial charge in [0.15, 0.2) is 0 Å². The van der Waals surface area contributed by atoms with E-state index in [4.69, 9.17) is 15.2 Å². The summed E-state index contributed by atoms with van der Waals surface area (Å²) in [5.74, 6) is -1.46. The fourth-order valence-electron chi connectivity index (χ4n) is 9.82. The molecule has 0 bridgehead atoms. The Bertz CT molecular complexity index is 2380. The number of benzene rings is 4. The molecule has 15 heteroatoms. The van der Waals surface area contributed by atoms with E-state index in [9.17, 15) is 32.3 Å². The Morgan fingerprint density at radius 2 is 1.14 bits per heavy atom. The van der Waals surface area contributed by atoms with Crippen molar-refractivity contribution in [3.05, 3.63) is 119 Å². The molecule has 4 aliphatic heterocycles. The average Bonchev–Trinajstić information content (AvgIpc) is 3.55. The first-order valence-electron chi connectivity index (χ1n) is 23.1. The van der Waals surface area contributed by atoms with Gasteiger partial charge in [0, 0.05) is 104 Å². The highest BCUT2D eigenvalue weighted by Gasteiger charge is 2.43. The number of aryl methyl sites for hydroxylation is 1. The van der Waals surface area contributed by atoms with Crippen LogP contribution in [0, 0.1) is 5.92 Å². The minimum atomic E-state index is -4.44. The summed E-state index contributed by atoms with van der Waals surface area (Å²) in [6.07, 6.45) is -0.364. The number of piperidine rings is 2. The largest absolute Gasteiger partial charge is 0.485 e. The molecule has 0 saturated carbocycles. The first-order chi connectivity index (χ1) is 31.7. The monoisotopic (exact) mass is 908 g/mol. The van der Waals surface area contributed by atoms with Crippen LogP contribution in [0.15, 0.2) is 97.1 Å². The molecule has 8 rings (SSSR count).